The number of nitrogens with two attached hydrogens (primary N) is 1. The predicted octanol–water partition coefficient (Wildman–Crippen LogP) is 4.32. The molecule has 0 unspecified atom stereocenters. The lowest BCUT2D eigenvalue weighted by atomic mass is 9.88. The van der Waals surface area contributed by atoms with Gasteiger partial charge in [-0.1, -0.05) is 20.8 Å². The van der Waals surface area contributed by atoms with Crippen molar-refractivity contribution in [1.29, 1.82) is 0 Å². The second-order valence-electron chi connectivity index (χ2n) is 10.4. The number of hydrogen-bond donors (Lipinski definition) is 2. The molecule has 172 valence electrons. The van der Waals surface area contributed by atoms with Gasteiger partial charge in [-0.05, 0) is 58.3 Å². The van der Waals surface area contributed by atoms with Crippen LogP contribution in [0.1, 0.15) is 54.4 Å². The third-order valence-corrected chi connectivity index (χ3v) is 9.40. The van der Waals surface area contributed by atoms with Crippen molar-refractivity contribution in [1.82, 2.24) is 10.3 Å². The zero-order valence-electron chi connectivity index (χ0n) is 19.9. The number of nitrogen functional groups attached to an aromatic ring is 1. The summed E-state index contributed by atoms with van der Waals surface area (Å²) < 4.78 is 12.1. The first-order valence-electron chi connectivity index (χ1n) is 10.5. The number of aromatic nitrogens is 1. The molecule has 0 spiro atoms. The first kappa shape index (κ1) is 24.6. The monoisotopic (exact) mass is 440 g/mol. The molecule has 1 aromatic rings. The van der Waals surface area contributed by atoms with Crippen LogP contribution in [-0.2, 0) is 8.92 Å². The van der Waals surface area contributed by atoms with Crippen LogP contribution in [0.25, 0.3) is 0 Å². The number of nitrogens with one attached hydrogen (secondary N) is 1. The first-order valence-corrected chi connectivity index (χ1v) is 12.9. The number of ether oxygens (including phenoxy) is 1. The average Bonchev–Trinajstić information content (AvgIpc) is 2.59. The van der Waals surface area contributed by atoms with Crippen molar-refractivity contribution >= 4 is 27.9 Å². The molecule has 0 saturated carbocycles. The van der Waals surface area contributed by atoms with Crippen LogP contribution in [0.5, 0.6) is 0 Å². The first-order chi connectivity index (χ1) is 13.6. The van der Waals surface area contributed by atoms with Gasteiger partial charge in [-0.3, -0.25) is 0 Å². The van der Waals surface area contributed by atoms with E-state index in [1.165, 1.54) is 0 Å². The van der Waals surface area contributed by atoms with Gasteiger partial charge in [-0.2, -0.15) is 0 Å². The molecule has 0 bridgehead atoms. The molecular formula is C22H40N4O3S. The highest BCUT2D eigenvalue weighted by Gasteiger charge is 2.40. The third kappa shape index (κ3) is 6.41. The Morgan fingerprint density at radius 1 is 1.23 bits per heavy atom. The Bertz CT molecular complexity index is 733. The zero-order chi connectivity index (χ0) is 22.8. The molecule has 2 rings (SSSR count). The fraction of sp³-hybridized carbons (Fsp3) is 0.727. The molecule has 7 nitrogen and oxygen atoms in total. The van der Waals surface area contributed by atoms with Crippen molar-refractivity contribution in [2.75, 3.05) is 42.8 Å². The van der Waals surface area contributed by atoms with E-state index >= 15 is 0 Å². The maximum absolute atomic E-state index is 12.6. The second-order valence-corrected chi connectivity index (χ2v) is 14.3. The molecule has 0 radical (unpaired) electrons. The quantitative estimate of drug-likeness (QED) is 0.709. The SMILES string of the molecule is CC(C)(C)OC(=O)NC1(COS(C)(C)C(C)(C)C)CCN(c2cccnc2N)CC1. The van der Waals surface area contributed by atoms with E-state index in [-0.39, 0.29) is 4.75 Å². The van der Waals surface area contributed by atoms with Crippen molar-refractivity contribution in [3.05, 3.63) is 18.3 Å². The van der Waals surface area contributed by atoms with Gasteiger partial charge in [0.15, 0.2) is 0 Å². The number of hydrogen-bond acceptors (Lipinski definition) is 6. The second kappa shape index (κ2) is 8.83. The largest absolute Gasteiger partial charge is 0.444 e. The third-order valence-electron chi connectivity index (χ3n) is 5.75. The number of alkyl carbamates (subject to hydrolysis) is 1. The van der Waals surface area contributed by atoms with E-state index in [1.807, 2.05) is 32.9 Å². The maximum Gasteiger partial charge on any atom is 0.408 e. The molecule has 3 N–H and O–H groups in total. The van der Waals surface area contributed by atoms with Gasteiger partial charge in [0.25, 0.3) is 0 Å². The summed E-state index contributed by atoms with van der Waals surface area (Å²) in [5, 5.41) is 3.15. The van der Waals surface area contributed by atoms with Crippen molar-refractivity contribution in [2.45, 2.75) is 70.3 Å². The van der Waals surface area contributed by atoms with Gasteiger partial charge >= 0.3 is 6.09 Å². The average molecular weight is 441 g/mol. The summed E-state index contributed by atoms with van der Waals surface area (Å²) in [6.45, 7) is 14.2. The lowest BCUT2D eigenvalue weighted by Crippen LogP contribution is -2.59. The Hall–Kier alpha value is -1.67. The molecule has 1 fully saturated rings. The fourth-order valence-electron chi connectivity index (χ4n) is 3.11. The lowest BCUT2D eigenvalue weighted by Gasteiger charge is -2.48. The minimum absolute atomic E-state index is 0.0466. The number of piperidine rings is 1. The predicted molar refractivity (Wildman–Crippen MR) is 127 cm³/mol. The van der Waals surface area contributed by atoms with Crippen LogP contribution in [0.4, 0.5) is 16.3 Å². The molecule has 30 heavy (non-hydrogen) atoms. The van der Waals surface area contributed by atoms with Crippen LogP contribution in [0.3, 0.4) is 0 Å². The van der Waals surface area contributed by atoms with Crippen LogP contribution in [0, 0.1) is 0 Å². The van der Waals surface area contributed by atoms with E-state index in [9.17, 15) is 4.79 Å². The Morgan fingerprint density at radius 3 is 2.33 bits per heavy atom. The Morgan fingerprint density at radius 2 is 1.83 bits per heavy atom. The van der Waals surface area contributed by atoms with Gasteiger partial charge in [0.05, 0.1) is 17.8 Å². The van der Waals surface area contributed by atoms with Gasteiger partial charge in [0.1, 0.15) is 11.4 Å². The van der Waals surface area contributed by atoms with Crippen LogP contribution in [0.2, 0.25) is 0 Å². The van der Waals surface area contributed by atoms with Crippen molar-refractivity contribution in [2.24, 2.45) is 0 Å². The molecule has 8 heteroatoms. The lowest BCUT2D eigenvalue weighted by molar-refractivity contribution is 0.0388. The fourth-order valence-corrected chi connectivity index (χ4v) is 3.99. The summed E-state index contributed by atoms with van der Waals surface area (Å²) in [6, 6.07) is 3.88. The molecule has 1 aliphatic heterocycles. The molecule has 0 aliphatic carbocycles. The maximum atomic E-state index is 12.6. The molecule has 1 saturated heterocycles. The van der Waals surface area contributed by atoms with E-state index in [0.717, 1.165) is 31.6 Å². The van der Waals surface area contributed by atoms with E-state index in [4.69, 9.17) is 14.7 Å². The minimum atomic E-state index is -1.31. The molecule has 1 amide bonds. The number of rotatable bonds is 5. The Kier molecular flexibility index (Phi) is 7.24. The zero-order valence-corrected chi connectivity index (χ0v) is 20.7. The van der Waals surface area contributed by atoms with Crippen LogP contribution in [0.15, 0.2) is 18.3 Å². The highest BCUT2D eigenvalue weighted by atomic mass is 32.3. The highest BCUT2D eigenvalue weighted by molar-refractivity contribution is 8.29. The van der Waals surface area contributed by atoms with Gasteiger partial charge in [-0.15, -0.1) is 10.3 Å². The molecule has 1 aliphatic rings. The van der Waals surface area contributed by atoms with Crippen molar-refractivity contribution in [3.63, 3.8) is 0 Å². The Balaban J connectivity index is 2.16. The standard InChI is InChI=1S/C22H40N4O3S/c1-20(2,3)29-19(27)25-22(16-28-30(7,8)21(4,5)6)11-14-26(15-12-22)17-10-9-13-24-18(17)23/h9-10,13H,11-12,14-16H2,1-8H3,(H2,23,24)(H,25,27). The summed E-state index contributed by atoms with van der Waals surface area (Å²) in [4.78, 5) is 19.1. The van der Waals surface area contributed by atoms with Gasteiger partial charge in [0, 0.05) is 24.0 Å². The van der Waals surface area contributed by atoms with E-state index in [1.54, 1.807) is 6.20 Å². The summed E-state index contributed by atoms with van der Waals surface area (Å²) in [5.41, 5.74) is 5.97. The van der Waals surface area contributed by atoms with Gasteiger partial charge < -0.3 is 24.9 Å². The Labute approximate surface area is 183 Å². The van der Waals surface area contributed by atoms with Crippen molar-refractivity contribution < 1.29 is 13.7 Å². The summed E-state index contributed by atoms with van der Waals surface area (Å²) >= 11 is 0. The molecule has 2 heterocycles. The van der Waals surface area contributed by atoms with Crippen LogP contribution < -0.4 is 16.0 Å². The smallest absolute Gasteiger partial charge is 0.408 e. The number of carbonyl (C=O) groups excluding carboxylic acids is 1. The van der Waals surface area contributed by atoms with E-state index < -0.39 is 27.5 Å². The van der Waals surface area contributed by atoms with Crippen molar-refractivity contribution in [3.8, 4) is 0 Å². The highest BCUT2D eigenvalue weighted by Crippen LogP contribution is 2.54. The summed E-state index contributed by atoms with van der Waals surface area (Å²) in [5.74, 6) is 0.527. The number of pyridine rings is 1. The molecule has 0 aromatic carbocycles. The number of nitrogens with zero attached hydrogens (tertiary/aromatic N) is 2. The summed E-state index contributed by atoms with van der Waals surface area (Å²) in [6.07, 6.45) is 7.13. The molecule has 0 atom stereocenters. The minimum Gasteiger partial charge on any atom is -0.444 e. The normalized spacial score (nSPS) is 18.1. The van der Waals surface area contributed by atoms with Crippen LogP contribution in [-0.4, -0.2) is 59.2 Å². The van der Waals surface area contributed by atoms with E-state index in [0.29, 0.717) is 12.4 Å². The van der Waals surface area contributed by atoms with E-state index in [2.05, 4.69) is 48.5 Å². The molecular weight excluding hydrogens is 400 g/mol. The topological polar surface area (TPSA) is 89.7 Å². The van der Waals surface area contributed by atoms with Gasteiger partial charge in [0.2, 0.25) is 0 Å². The van der Waals surface area contributed by atoms with Crippen LogP contribution >= 0.6 is 10.3 Å². The summed E-state index contributed by atoms with van der Waals surface area (Å²) in [7, 11) is -1.31. The number of amides is 1. The van der Waals surface area contributed by atoms with Gasteiger partial charge in [-0.25, -0.2) is 9.78 Å². The number of anilines is 2. The molecule has 1 aromatic heterocycles. The number of carbonyl (C=O) groups is 1.